The van der Waals surface area contributed by atoms with Crippen LogP contribution in [0.25, 0.3) is 11.3 Å². The van der Waals surface area contributed by atoms with Gasteiger partial charge in [-0.2, -0.15) is 0 Å². The van der Waals surface area contributed by atoms with E-state index in [2.05, 4.69) is 9.72 Å². The van der Waals surface area contributed by atoms with Gasteiger partial charge >= 0.3 is 5.97 Å². The molecule has 0 unspecified atom stereocenters. The van der Waals surface area contributed by atoms with Crippen molar-refractivity contribution in [3.63, 3.8) is 0 Å². The highest BCUT2D eigenvalue weighted by atomic mass is 35.5. The van der Waals surface area contributed by atoms with Crippen molar-refractivity contribution in [1.82, 2.24) is 4.98 Å². The van der Waals surface area contributed by atoms with Crippen LogP contribution in [0.4, 0.5) is 0 Å². The molecular formula is C13H10ClNO3. The number of benzene rings is 1. The Bertz CT molecular complexity index is 581. The molecule has 1 aromatic heterocycles. The van der Waals surface area contributed by atoms with E-state index >= 15 is 0 Å². The number of carbonyl (C=O) groups is 1. The Labute approximate surface area is 109 Å². The van der Waals surface area contributed by atoms with Crippen LogP contribution in [0.15, 0.2) is 36.5 Å². The van der Waals surface area contributed by atoms with Crippen LogP contribution in [0.5, 0.6) is 5.75 Å². The van der Waals surface area contributed by atoms with Crippen LogP contribution >= 0.6 is 11.6 Å². The first-order chi connectivity index (χ1) is 8.61. The minimum atomic E-state index is -0.481. The molecule has 0 saturated heterocycles. The molecule has 5 heteroatoms. The van der Waals surface area contributed by atoms with E-state index in [-0.39, 0.29) is 5.75 Å². The van der Waals surface area contributed by atoms with Crippen LogP contribution in [0.3, 0.4) is 0 Å². The van der Waals surface area contributed by atoms with Crippen LogP contribution in [0.1, 0.15) is 10.4 Å². The molecule has 0 radical (unpaired) electrons. The van der Waals surface area contributed by atoms with E-state index in [1.54, 1.807) is 24.3 Å². The third kappa shape index (κ3) is 2.43. The summed E-state index contributed by atoms with van der Waals surface area (Å²) in [7, 11) is 1.30. The Kier molecular flexibility index (Phi) is 3.48. The van der Waals surface area contributed by atoms with E-state index in [0.29, 0.717) is 16.3 Å². The second-order valence-corrected chi connectivity index (χ2v) is 4.00. The number of aromatic hydroxyl groups is 1. The smallest absolute Gasteiger partial charge is 0.339 e. The van der Waals surface area contributed by atoms with Gasteiger partial charge in [0.05, 0.1) is 29.6 Å². The lowest BCUT2D eigenvalue weighted by Crippen LogP contribution is -2.01. The Balaban J connectivity index is 2.40. The number of ether oxygens (including phenoxy) is 1. The van der Waals surface area contributed by atoms with Crippen molar-refractivity contribution < 1.29 is 14.6 Å². The fourth-order valence-electron chi connectivity index (χ4n) is 1.51. The Hall–Kier alpha value is -2.07. The number of hydrogen-bond acceptors (Lipinski definition) is 4. The zero-order chi connectivity index (χ0) is 13.1. The predicted molar refractivity (Wildman–Crippen MR) is 67.7 cm³/mol. The fraction of sp³-hybridized carbons (Fsp3) is 0.0769. The summed E-state index contributed by atoms with van der Waals surface area (Å²) in [5, 5.41) is 9.46. The molecule has 0 bridgehead atoms. The molecule has 0 spiro atoms. The van der Waals surface area contributed by atoms with Crippen LogP contribution in [0.2, 0.25) is 5.02 Å². The highest BCUT2D eigenvalue weighted by Crippen LogP contribution is 2.25. The molecule has 1 N–H and O–H groups in total. The quantitative estimate of drug-likeness (QED) is 0.847. The summed E-state index contributed by atoms with van der Waals surface area (Å²) in [6, 6.07) is 8.13. The molecule has 0 aliphatic rings. The summed E-state index contributed by atoms with van der Waals surface area (Å²) in [5.41, 5.74) is 1.72. The molecule has 0 aliphatic heterocycles. The average Bonchev–Trinajstić information content (AvgIpc) is 2.38. The molecule has 0 saturated carbocycles. The molecule has 0 atom stereocenters. The molecule has 2 aromatic rings. The molecule has 0 amide bonds. The second-order valence-electron chi connectivity index (χ2n) is 3.59. The molecule has 0 fully saturated rings. The van der Waals surface area contributed by atoms with Gasteiger partial charge in [0.25, 0.3) is 0 Å². The molecular weight excluding hydrogens is 254 g/mol. The lowest BCUT2D eigenvalue weighted by molar-refractivity contribution is 0.0601. The predicted octanol–water partition coefficient (Wildman–Crippen LogP) is 2.89. The second kappa shape index (κ2) is 5.06. The van der Waals surface area contributed by atoms with Crippen molar-refractivity contribution in [1.29, 1.82) is 0 Å². The lowest BCUT2D eigenvalue weighted by atomic mass is 10.1. The monoisotopic (exact) mass is 263 g/mol. The number of nitrogens with zero attached hydrogens (tertiary/aromatic N) is 1. The van der Waals surface area contributed by atoms with Gasteiger partial charge in [0, 0.05) is 5.56 Å². The van der Waals surface area contributed by atoms with Crippen molar-refractivity contribution in [2.75, 3.05) is 7.11 Å². The SMILES string of the molecule is COC(=O)c1ccc(-c2ccc(O)cn2)cc1Cl. The first kappa shape index (κ1) is 12.4. The van der Waals surface area contributed by atoms with Crippen LogP contribution in [0, 0.1) is 0 Å². The maximum Gasteiger partial charge on any atom is 0.339 e. The molecule has 1 heterocycles. The van der Waals surface area contributed by atoms with Crippen LogP contribution < -0.4 is 0 Å². The van der Waals surface area contributed by atoms with Gasteiger partial charge in [-0.15, -0.1) is 0 Å². The summed E-state index contributed by atoms with van der Waals surface area (Å²) >= 11 is 6.01. The number of esters is 1. The topological polar surface area (TPSA) is 59.4 Å². The fourth-order valence-corrected chi connectivity index (χ4v) is 1.76. The Morgan fingerprint density at radius 3 is 2.67 bits per heavy atom. The molecule has 4 nitrogen and oxygen atoms in total. The summed E-state index contributed by atoms with van der Waals surface area (Å²) in [6.07, 6.45) is 1.34. The standard InChI is InChI=1S/C13H10ClNO3/c1-18-13(17)10-4-2-8(6-11(10)14)12-5-3-9(16)7-15-12/h2-7,16H,1H3. The zero-order valence-electron chi connectivity index (χ0n) is 9.55. The number of rotatable bonds is 2. The zero-order valence-corrected chi connectivity index (χ0v) is 10.3. The van der Waals surface area contributed by atoms with Gasteiger partial charge in [-0.25, -0.2) is 4.79 Å². The number of aromatic nitrogens is 1. The van der Waals surface area contributed by atoms with E-state index in [1.165, 1.54) is 19.4 Å². The summed E-state index contributed by atoms with van der Waals surface area (Å²) in [4.78, 5) is 15.4. The largest absolute Gasteiger partial charge is 0.506 e. The molecule has 92 valence electrons. The van der Waals surface area contributed by atoms with Gasteiger partial charge < -0.3 is 9.84 Å². The molecule has 2 rings (SSSR count). The number of halogens is 1. The van der Waals surface area contributed by atoms with E-state index in [1.807, 2.05) is 0 Å². The Morgan fingerprint density at radius 1 is 1.33 bits per heavy atom. The van der Waals surface area contributed by atoms with Crippen LogP contribution in [-0.4, -0.2) is 23.2 Å². The van der Waals surface area contributed by atoms with Crippen molar-refractivity contribution in [2.24, 2.45) is 0 Å². The normalized spacial score (nSPS) is 10.1. The summed E-state index contributed by atoms with van der Waals surface area (Å²) < 4.78 is 4.61. The van der Waals surface area contributed by atoms with Gasteiger partial charge in [-0.1, -0.05) is 17.7 Å². The van der Waals surface area contributed by atoms with E-state index in [4.69, 9.17) is 16.7 Å². The van der Waals surface area contributed by atoms with Crippen molar-refractivity contribution in [3.05, 3.63) is 47.1 Å². The minimum absolute atomic E-state index is 0.0935. The van der Waals surface area contributed by atoms with E-state index in [9.17, 15) is 4.79 Å². The Morgan fingerprint density at radius 2 is 2.11 bits per heavy atom. The van der Waals surface area contributed by atoms with Crippen molar-refractivity contribution in [2.45, 2.75) is 0 Å². The first-order valence-electron chi connectivity index (χ1n) is 5.15. The third-order valence-electron chi connectivity index (χ3n) is 2.42. The highest BCUT2D eigenvalue weighted by Gasteiger charge is 2.11. The third-order valence-corrected chi connectivity index (χ3v) is 2.73. The lowest BCUT2D eigenvalue weighted by Gasteiger charge is -2.05. The van der Waals surface area contributed by atoms with Crippen LogP contribution in [-0.2, 0) is 4.74 Å². The van der Waals surface area contributed by atoms with Gasteiger partial charge in [-0.3, -0.25) is 4.98 Å². The summed E-state index contributed by atoms with van der Waals surface area (Å²) in [5.74, 6) is -0.388. The van der Waals surface area contributed by atoms with Gasteiger partial charge in [0.2, 0.25) is 0 Å². The van der Waals surface area contributed by atoms with Gasteiger partial charge in [0.1, 0.15) is 5.75 Å². The average molecular weight is 264 g/mol. The maximum absolute atomic E-state index is 11.4. The maximum atomic E-state index is 11.4. The number of pyridine rings is 1. The van der Waals surface area contributed by atoms with E-state index < -0.39 is 5.97 Å². The molecule has 1 aromatic carbocycles. The number of methoxy groups -OCH3 is 1. The minimum Gasteiger partial charge on any atom is -0.506 e. The van der Waals surface area contributed by atoms with E-state index in [0.717, 1.165) is 5.56 Å². The molecule has 0 aliphatic carbocycles. The van der Waals surface area contributed by atoms with Crippen molar-refractivity contribution in [3.8, 4) is 17.0 Å². The highest BCUT2D eigenvalue weighted by molar-refractivity contribution is 6.33. The number of hydrogen-bond donors (Lipinski definition) is 1. The number of carbonyl (C=O) groups excluding carboxylic acids is 1. The summed E-state index contributed by atoms with van der Waals surface area (Å²) in [6.45, 7) is 0. The van der Waals surface area contributed by atoms with Gasteiger partial charge in [-0.05, 0) is 24.3 Å². The molecule has 18 heavy (non-hydrogen) atoms. The van der Waals surface area contributed by atoms with Crippen molar-refractivity contribution >= 4 is 17.6 Å². The van der Waals surface area contributed by atoms with Gasteiger partial charge in [0.15, 0.2) is 0 Å². The first-order valence-corrected chi connectivity index (χ1v) is 5.53.